The normalized spacial score (nSPS) is 19.4. The summed E-state index contributed by atoms with van der Waals surface area (Å²) < 4.78 is 40.7. The van der Waals surface area contributed by atoms with Gasteiger partial charge in [0.25, 0.3) is 0 Å². The highest BCUT2D eigenvalue weighted by Crippen LogP contribution is 2.33. The molecule has 1 aliphatic rings. The highest BCUT2D eigenvalue weighted by Gasteiger charge is 2.39. The van der Waals surface area contributed by atoms with E-state index in [1.165, 1.54) is 0 Å². The molecule has 6 heteroatoms. The molecule has 84 valence electrons. The Bertz CT molecular complexity index is 328. The number of nitrogens with zero attached hydrogens (tertiary/aromatic N) is 2. The molecular weight excluding hydrogens is 209 g/mol. The number of hydrogen-bond donors (Lipinski definition) is 0. The summed E-state index contributed by atoms with van der Waals surface area (Å²) >= 11 is 0. The van der Waals surface area contributed by atoms with Crippen LogP contribution in [-0.2, 0) is 6.18 Å². The molecule has 0 atom stereocenters. The Labute approximate surface area is 84.7 Å². The van der Waals surface area contributed by atoms with E-state index in [-0.39, 0.29) is 11.7 Å². The van der Waals surface area contributed by atoms with E-state index in [1.807, 2.05) is 0 Å². The third-order valence-electron chi connectivity index (χ3n) is 2.65. The van der Waals surface area contributed by atoms with Gasteiger partial charge >= 0.3 is 12.1 Å². The molecular formula is C9H11F3N2O. The van der Waals surface area contributed by atoms with Gasteiger partial charge in [-0.2, -0.15) is 18.2 Å². The lowest BCUT2D eigenvalue weighted by Crippen LogP contribution is -2.08. The van der Waals surface area contributed by atoms with Crippen LogP contribution >= 0.6 is 0 Å². The van der Waals surface area contributed by atoms with Gasteiger partial charge < -0.3 is 4.52 Å². The summed E-state index contributed by atoms with van der Waals surface area (Å²) in [6.07, 6.45) is 0.384. The second kappa shape index (κ2) is 3.83. The van der Waals surface area contributed by atoms with E-state index in [1.54, 1.807) is 0 Å². The summed E-state index contributed by atoms with van der Waals surface area (Å²) in [6.45, 7) is 0. The Morgan fingerprint density at radius 1 is 1.13 bits per heavy atom. The molecule has 0 aliphatic heterocycles. The molecule has 0 radical (unpaired) electrons. The first-order chi connectivity index (χ1) is 7.07. The maximum absolute atomic E-state index is 12.2. The van der Waals surface area contributed by atoms with Gasteiger partial charge in [-0.15, -0.1) is 0 Å². The average Bonchev–Trinajstić information content (AvgIpc) is 2.67. The zero-order chi connectivity index (χ0) is 10.9. The van der Waals surface area contributed by atoms with E-state index in [2.05, 4.69) is 14.7 Å². The van der Waals surface area contributed by atoms with Crippen molar-refractivity contribution in [3.8, 4) is 0 Å². The molecule has 0 amide bonds. The van der Waals surface area contributed by atoms with Gasteiger partial charge in [0.05, 0.1) is 0 Å². The molecule has 1 fully saturated rings. The van der Waals surface area contributed by atoms with Gasteiger partial charge in [0.15, 0.2) is 5.82 Å². The number of aromatic nitrogens is 2. The number of rotatable bonds is 1. The van der Waals surface area contributed by atoms with Crippen LogP contribution < -0.4 is 0 Å². The third-order valence-corrected chi connectivity index (χ3v) is 2.65. The van der Waals surface area contributed by atoms with E-state index in [9.17, 15) is 13.2 Å². The zero-order valence-corrected chi connectivity index (χ0v) is 8.05. The molecule has 0 spiro atoms. The fourth-order valence-electron chi connectivity index (χ4n) is 1.88. The van der Waals surface area contributed by atoms with Gasteiger partial charge in [-0.05, 0) is 12.8 Å². The van der Waals surface area contributed by atoms with Crippen molar-refractivity contribution in [1.82, 2.24) is 10.1 Å². The molecule has 0 unspecified atom stereocenters. The highest BCUT2D eigenvalue weighted by molar-refractivity contribution is 4.98. The maximum atomic E-state index is 12.2. The molecule has 1 aromatic rings. The van der Waals surface area contributed by atoms with Crippen molar-refractivity contribution in [3.05, 3.63) is 11.7 Å². The fraction of sp³-hybridized carbons (Fsp3) is 0.778. The second-order valence-corrected chi connectivity index (χ2v) is 3.79. The Morgan fingerprint density at radius 3 is 2.33 bits per heavy atom. The Morgan fingerprint density at radius 2 is 1.80 bits per heavy atom. The summed E-state index contributed by atoms with van der Waals surface area (Å²) in [5.74, 6) is -0.983. The van der Waals surface area contributed by atoms with Crippen molar-refractivity contribution in [1.29, 1.82) is 0 Å². The summed E-state index contributed by atoms with van der Waals surface area (Å²) in [5, 5.41) is 3.40. The lowest BCUT2D eigenvalue weighted by Gasteiger charge is -2.17. The Hall–Kier alpha value is -1.07. The largest absolute Gasteiger partial charge is 0.471 e. The van der Waals surface area contributed by atoms with E-state index >= 15 is 0 Å². The van der Waals surface area contributed by atoms with Crippen molar-refractivity contribution in [2.75, 3.05) is 0 Å². The van der Waals surface area contributed by atoms with Crippen LogP contribution in [0.5, 0.6) is 0 Å². The molecule has 1 heterocycles. The van der Waals surface area contributed by atoms with Crippen molar-refractivity contribution in [2.24, 2.45) is 0 Å². The van der Waals surface area contributed by atoms with Crippen molar-refractivity contribution in [3.63, 3.8) is 0 Å². The summed E-state index contributed by atoms with van der Waals surface area (Å²) in [7, 11) is 0. The minimum Gasteiger partial charge on any atom is -0.329 e. The highest BCUT2D eigenvalue weighted by atomic mass is 19.4. The summed E-state index contributed by atoms with van der Waals surface area (Å²) in [5.41, 5.74) is 0. The van der Waals surface area contributed by atoms with E-state index in [0.29, 0.717) is 0 Å². The number of alkyl halides is 3. The predicted molar refractivity (Wildman–Crippen MR) is 45.1 cm³/mol. The van der Waals surface area contributed by atoms with Crippen LogP contribution in [0.15, 0.2) is 4.52 Å². The second-order valence-electron chi connectivity index (χ2n) is 3.79. The Kier molecular flexibility index (Phi) is 2.67. The first-order valence-corrected chi connectivity index (χ1v) is 4.98. The van der Waals surface area contributed by atoms with Crippen LogP contribution in [0.25, 0.3) is 0 Å². The third kappa shape index (κ3) is 2.30. The van der Waals surface area contributed by atoms with E-state index in [4.69, 9.17) is 0 Å². The first-order valence-electron chi connectivity index (χ1n) is 4.98. The molecule has 0 N–H and O–H groups in total. The van der Waals surface area contributed by atoms with Gasteiger partial charge in [0, 0.05) is 5.92 Å². The fourth-order valence-corrected chi connectivity index (χ4v) is 1.88. The van der Waals surface area contributed by atoms with E-state index in [0.717, 1.165) is 32.1 Å². The van der Waals surface area contributed by atoms with Gasteiger partial charge in [-0.3, -0.25) is 0 Å². The molecule has 0 saturated heterocycles. The summed E-state index contributed by atoms with van der Waals surface area (Å²) in [6, 6.07) is 0. The molecule has 0 bridgehead atoms. The van der Waals surface area contributed by atoms with Crippen molar-refractivity contribution < 1.29 is 17.7 Å². The summed E-state index contributed by atoms with van der Waals surface area (Å²) in [4.78, 5) is 3.40. The number of halogens is 3. The van der Waals surface area contributed by atoms with Gasteiger partial charge in [0.1, 0.15) is 0 Å². The predicted octanol–water partition coefficient (Wildman–Crippen LogP) is 3.14. The molecule has 15 heavy (non-hydrogen) atoms. The molecule has 1 aliphatic carbocycles. The van der Waals surface area contributed by atoms with Crippen LogP contribution in [0.2, 0.25) is 0 Å². The monoisotopic (exact) mass is 220 g/mol. The molecule has 1 aromatic heterocycles. The topological polar surface area (TPSA) is 38.9 Å². The molecule has 0 aromatic carbocycles. The minimum atomic E-state index is -4.53. The van der Waals surface area contributed by atoms with Crippen molar-refractivity contribution in [2.45, 2.75) is 44.2 Å². The van der Waals surface area contributed by atoms with Gasteiger partial charge in [-0.25, -0.2) is 0 Å². The standard InChI is InChI=1S/C9H11F3N2O/c10-9(11,12)8-13-7(14-15-8)6-4-2-1-3-5-6/h6H,1-5H2. The van der Waals surface area contributed by atoms with Crippen LogP contribution in [0.4, 0.5) is 13.2 Å². The van der Waals surface area contributed by atoms with Crippen LogP contribution in [-0.4, -0.2) is 10.1 Å². The lowest BCUT2D eigenvalue weighted by molar-refractivity contribution is -0.159. The number of hydrogen-bond acceptors (Lipinski definition) is 3. The average molecular weight is 220 g/mol. The quantitative estimate of drug-likeness (QED) is 0.729. The Balaban J connectivity index is 2.12. The SMILES string of the molecule is FC(F)(F)c1nc(C2CCCCC2)no1. The van der Waals surface area contributed by atoms with Crippen LogP contribution in [0.1, 0.15) is 49.7 Å². The first kappa shape index (κ1) is 10.4. The van der Waals surface area contributed by atoms with Gasteiger partial charge in [0.2, 0.25) is 0 Å². The molecule has 3 nitrogen and oxygen atoms in total. The molecule has 1 saturated carbocycles. The zero-order valence-electron chi connectivity index (χ0n) is 8.05. The van der Waals surface area contributed by atoms with Crippen LogP contribution in [0.3, 0.4) is 0 Å². The lowest BCUT2D eigenvalue weighted by atomic mass is 9.89. The molecule has 2 rings (SSSR count). The van der Waals surface area contributed by atoms with Gasteiger partial charge in [-0.1, -0.05) is 24.4 Å². The van der Waals surface area contributed by atoms with Crippen LogP contribution in [0, 0.1) is 0 Å². The minimum absolute atomic E-state index is 0.0404. The van der Waals surface area contributed by atoms with Crippen molar-refractivity contribution >= 4 is 0 Å². The van der Waals surface area contributed by atoms with E-state index < -0.39 is 12.1 Å². The maximum Gasteiger partial charge on any atom is 0.471 e. The smallest absolute Gasteiger partial charge is 0.329 e.